The van der Waals surface area contributed by atoms with Crippen LogP contribution in [0.15, 0.2) is 42.5 Å². The Hall–Kier alpha value is -3.22. The van der Waals surface area contributed by atoms with Crippen LogP contribution in [0, 0.1) is 0 Å². The van der Waals surface area contributed by atoms with Crippen molar-refractivity contribution in [2.75, 3.05) is 25.1 Å². The molecule has 7 nitrogen and oxygen atoms in total. The van der Waals surface area contributed by atoms with E-state index >= 15 is 0 Å². The van der Waals surface area contributed by atoms with Crippen LogP contribution in [-0.2, 0) is 9.53 Å². The van der Waals surface area contributed by atoms with Gasteiger partial charge < -0.3 is 24.6 Å². The van der Waals surface area contributed by atoms with Crippen molar-refractivity contribution in [2.24, 2.45) is 0 Å². The topological polar surface area (TPSA) is 94.1 Å². The van der Waals surface area contributed by atoms with Crippen LogP contribution >= 0.6 is 0 Å². The van der Waals surface area contributed by atoms with Crippen molar-refractivity contribution in [2.45, 2.75) is 0 Å². The van der Waals surface area contributed by atoms with Crippen molar-refractivity contribution in [1.82, 2.24) is 0 Å². The summed E-state index contributed by atoms with van der Waals surface area (Å²) in [5.41, 5.74) is 0.507. The van der Waals surface area contributed by atoms with Crippen LogP contribution in [-0.4, -0.2) is 36.8 Å². The van der Waals surface area contributed by atoms with Gasteiger partial charge in [-0.3, -0.25) is 4.79 Å². The van der Waals surface area contributed by atoms with Crippen LogP contribution in [0.4, 0.5) is 5.69 Å². The molecule has 0 fully saturated rings. The van der Waals surface area contributed by atoms with E-state index in [1.165, 1.54) is 12.1 Å². The highest BCUT2D eigenvalue weighted by Crippen LogP contribution is 2.32. The molecule has 1 aliphatic heterocycles. The number of aromatic hydroxyl groups is 1. The predicted molar refractivity (Wildman–Crippen MR) is 84.5 cm³/mol. The fraction of sp³-hybridized carbons (Fsp3) is 0.176. The highest BCUT2D eigenvalue weighted by Gasteiger charge is 2.15. The van der Waals surface area contributed by atoms with E-state index in [9.17, 15) is 14.7 Å². The summed E-state index contributed by atoms with van der Waals surface area (Å²) in [7, 11) is 0. The van der Waals surface area contributed by atoms with Gasteiger partial charge in [-0.1, -0.05) is 12.1 Å². The number of hydrogen-bond donors (Lipinski definition) is 2. The molecule has 7 heteroatoms. The third kappa shape index (κ3) is 3.57. The van der Waals surface area contributed by atoms with E-state index < -0.39 is 18.5 Å². The number of phenolic OH excluding ortho intramolecular Hbond substituents is 1. The average Bonchev–Trinajstić information content (AvgIpc) is 2.60. The molecule has 2 aromatic carbocycles. The molecule has 0 bridgehead atoms. The first-order valence-corrected chi connectivity index (χ1v) is 7.28. The SMILES string of the molecule is O=C(COC(=O)c1ccccc1O)Nc1ccc2c(c1)OCCO2. The summed E-state index contributed by atoms with van der Waals surface area (Å²) in [6.07, 6.45) is 0. The minimum absolute atomic E-state index is 0.00429. The Morgan fingerprint density at radius 2 is 1.83 bits per heavy atom. The number of para-hydroxylation sites is 1. The summed E-state index contributed by atoms with van der Waals surface area (Å²) < 4.78 is 15.7. The zero-order valence-corrected chi connectivity index (χ0v) is 12.7. The maximum atomic E-state index is 11.9. The molecule has 24 heavy (non-hydrogen) atoms. The van der Waals surface area contributed by atoms with Crippen molar-refractivity contribution in [3.05, 3.63) is 48.0 Å². The summed E-state index contributed by atoms with van der Waals surface area (Å²) in [4.78, 5) is 23.7. The average molecular weight is 329 g/mol. The van der Waals surface area contributed by atoms with Gasteiger partial charge in [-0.25, -0.2) is 4.79 Å². The summed E-state index contributed by atoms with van der Waals surface area (Å²) >= 11 is 0. The number of benzene rings is 2. The minimum atomic E-state index is -0.773. The molecule has 0 aliphatic carbocycles. The Labute approximate surface area is 137 Å². The lowest BCUT2D eigenvalue weighted by atomic mass is 10.2. The summed E-state index contributed by atoms with van der Waals surface area (Å²) in [5.74, 6) is -0.314. The number of hydrogen-bond acceptors (Lipinski definition) is 6. The summed E-state index contributed by atoms with van der Waals surface area (Å²) in [6.45, 7) is 0.463. The van der Waals surface area contributed by atoms with Gasteiger partial charge in [0.2, 0.25) is 0 Å². The zero-order chi connectivity index (χ0) is 16.9. The summed E-state index contributed by atoms with van der Waals surface area (Å²) in [5, 5.41) is 12.2. The maximum Gasteiger partial charge on any atom is 0.342 e. The van der Waals surface area contributed by atoms with Crippen LogP contribution in [0.5, 0.6) is 17.2 Å². The monoisotopic (exact) mass is 329 g/mol. The number of fused-ring (bicyclic) bond motifs is 1. The van der Waals surface area contributed by atoms with E-state index in [1.54, 1.807) is 30.3 Å². The first-order valence-electron chi connectivity index (χ1n) is 7.28. The van der Waals surface area contributed by atoms with Crippen molar-refractivity contribution in [3.63, 3.8) is 0 Å². The van der Waals surface area contributed by atoms with E-state index in [0.29, 0.717) is 30.4 Å². The van der Waals surface area contributed by atoms with Crippen LogP contribution < -0.4 is 14.8 Å². The number of anilines is 1. The highest BCUT2D eigenvalue weighted by atomic mass is 16.6. The molecule has 2 N–H and O–H groups in total. The van der Waals surface area contributed by atoms with Gasteiger partial charge in [0.05, 0.1) is 0 Å². The minimum Gasteiger partial charge on any atom is -0.507 e. The van der Waals surface area contributed by atoms with Crippen molar-refractivity contribution >= 4 is 17.6 Å². The lowest BCUT2D eigenvalue weighted by molar-refractivity contribution is -0.119. The van der Waals surface area contributed by atoms with Gasteiger partial charge >= 0.3 is 5.97 Å². The molecule has 2 aromatic rings. The van der Waals surface area contributed by atoms with E-state index in [-0.39, 0.29) is 11.3 Å². The Balaban J connectivity index is 1.56. The molecule has 0 atom stereocenters. The van der Waals surface area contributed by atoms with Crippen LogP contribution in [0.1, 0.15) is 10.4 Å². The van der Waals surface area contributed by atoms with Gasteiger partial charge in [0.1, 0.15) is 24.5 Å². The third-order valence-electron chi connectivity index (χ3n) is 3.28. The van der Waals surface area contributed by atoms with E-state index in [1.807, 2.05) is 0 Å². The van der Waals surface area contributed by atoms with E-state index in [0.717, 1.165) is 0 Å². The zero-order valence-electron chi connectivity index (χ0n) is 12.7. The largest absolute Gasteiger partial charge is 0.507 e. The molecular formula is C17H15NO6. The number of nitrogens with one attached hydrogen (secondary N) is 1. The molecule has 3 rings (SSSR count). The van der Waals surface area contributed by atoms with Gasteiger partial charge in [-0.15, -0.1) is 0 Å². The van der Waals surface area contributed by atoms with Crippen molar-refractivity contribution < 1.29 is 28.9 Å². The lowest BCUT2D eigenvalue weighted by Gasteiger charge is -2.19. The molecule has 1 aliphatic rings. The molecule has 0 unspecified atom stereocenters. The lowest BCUT2D eigenvalue weighted by Crippen LogP contribution is -2.21. The first-order chi connectivity index (χ1) is 11.6. The molecule has 1 heterocycles. The normalized spacial score (nSPS) is 12.3. The summed E-state index contributed by atoms with van der Waals surface area (Å²) in [6, 6.07) is 10.9. The molecule has 1 amide bonds. The molecule has 124 valence electrons. The van der Waals surface area contributed by atoms with Crippen molar-refractivity contribution in [3.8, 4) is 17.2 Å². The molecule has 0 saturated heterocycles. The third-order valence-corrected chi connectivity index (χ3v) is 3.28. The number of amides is 1. The molecule has 0 radical (unpaired) electrons. The first kappa shape index (κ1) is 15.7. The molecule has 0 aromatic heterocycles. The molecular weight excluding hydrogens is 314 g/mol. The van der Waals surface area contributed by atoms with Crippen LogP contribution in [0.3, 0.4) is 0 Å². The second kappa shape index (κ2) is 6.91. The van der Waals surface area contributed by atoms with Gasteiger partial charge in [0, 0.05) is 11.8 Å². The number of phenols is 1. The Morgan fingerprint density at radius 3 is 2.62 bits per heavy atom. The quantitative estimate of drug-likeness (QED) is 0.833. The second-order valence-electron chi connectivity index (χ2n) is 5.00. The number of esters is 1. The predicted octanol–water partition coefficient (Wildman–Crippen LogP) is 1.96. The number of carbonyl (C=O) groups excluding carboxylic acids is 2. The van der Waals surface area contributed by atoms with Crippen molar-refractivity contribution in [1.29, 1.82) is 0 Å². The Kier molecular flexibility index (Phi) is 4.51. The fourth-order valence-corrected chi connectivity index (χ4v) is 2.17. The Bertz CT molecular complexity index is 773. The Morgan fingerprint density at radius 1 is 1.08 bits per heavy atom. The van der Waals surface area contributed by atoms with E-state index in [2.05, 4.69) is 5.32 Å². The van der Waals surface area contributed by atoms with Gasteiger partial charge in [-0.05, 0) is 24.3 Å². The number of rotatable bonds is 4. The van der Waals surface area contributed by atoms with Gasteiger partial charge in [0.15, 0.2) is 18.1 Å². The molecule has 0 saturated carbocycles. The standard InChI is InChI=1S/C17H15NO6/c19-13-4-2-1-3-12(13)17(21)24-10-16(20)18-11-5-6-14-15(9-11)23-8-7-22-14/h1-6,9,19H,7-8,10H2,(H,18,20). The van der Waals surface area contributed by atoms with E-state index in [4.69, 9.17) is 14.2 Å². The second-order valence-corrected chi connectivity index (χ2v) is 5.00. The number of ether oxygens (including phenoxy) is 3. The molecule has 0 spiro atoms. The number of carbonyl (C=O) groups is 2. The highest BCUT2D eigenvalue weighted by molar-refractivity contribution is 5.96. The van der Waals surface area contributed by atoms with Crippen LogP contribution in [0.25, 0.3) is 0 Å². The van der Waals surface area contributed by atoms with Crippen LogP contribution in [0.2, 0.25) is 0 Å². The van der Waals surface area contributed by atoms with Gasteiger partial charge in [-0.2, -0.15) is 0 Å². The maximum absolute atomic E-state index is 11.9. The smallest absolute Gasteiger partial charge is 0.342 e. The fourth-order valence-electron chi connectivity index (χ4n) is 2.17. The van der Waals surface area contributed by atoms with Gasteiger partial charge in [0.25, 0.3) is 5.91 Å².